The number of piperidine rings is 1. The van der Waals surface area contributed by atoms with E-state index in [2.05, 4.69) is 0 Å². The van der Waals surface area contributed by atoms with Crippen LogP contribution in [-0.4, -0.2) is 88.1 Å². The fraction of sp³-hybridized carbons (Fsp3) is 0.769. The van der Waals surface area contributed by atoms with Gasteiger partial charge >= 0.3 is 5.97 Å². The summed E-state index contributed by atoms with van der Waals surface area (Å²) in [6.07, 6.45) is 6.68. The van der Waals surface area contributed by atoms with Crippen molar-refractivity contribution >= 4 is 11.8 Å². The van der Waals surface area contributed by atoms with Gasteiger partial charge in [-0.25, -0.2) is 0 Å². The molecule has 35 heavy (non-hydrogen) atoms. The summed E-state index contributed by atoms with van der Waals surface area (Å²) < 4.78 is 16.5. The first-order valence-electron chi connectivity index (χ1n) is 12.7. The van der Waals surface area contributed by atoms with E-state index in [0.717, 1.165) is 24.8 Å². The van der Waals surface area contributed by atoms with Crippen molar-refractivity contribution in [2.24, 2.45) is 5.92 Å². The molecule has 0 bridgehead atoms. The number of Topliss-reactive ketones (excluding diaryl/α,β-unsaturated/α-hetero) is 1. The third-order valence-corrected chi connectivity index (χ3v) is 7.41. The summed E-state index contributed by atoms with van der Waals surface area (Å²) in [5.41, 5.74) is 0.995. The van der Waals surface area contributed by atoms with E-state index in [9.17, 15) is 24.9 Å². The number of nitrogens with zero attached hydrogens (tertiary/aromatic N) is 1. The molecule has 0 aromatic carbocycles. The molecule has 0 spiro atoms. The van der Waals surface area contributed by atoms with Gasteiger partial charge in [-0.2, -0.15) is 0 Å². The highest BCUT2D eigenvalue weighted by Gasteiger charge is 2.51. The number of carbonyl (C=O) groups is 2. The first-order valence-corrected chi connectivity index (χ1v) is 12.7. The van der Waals surface area contributed by atoms with Crippen molar-refractivity contribution in [3.63, 3.8) is 0 Å². The molecule has 9 heteroatoms. The van der Waals surface area contributed by atoms with Gasteiger partial charge in [-0.05, 0) is 64.0 Å². The molecule has 8 unspecified atom stereocenters. The molecule has 3 aliphatic rings. The molecule has 2 aliphatic heterocycles. The number of carbonyl (C=O) groups excluding carboxylic acids is 2. The number of aliphatic hydroxyl groups excluding tert-OH is 2. The number of aliphatic hydroxyl groups is 3. The number of esters is 1. The van der Waals surface area contributed by atoms with Gasteiger partial charge in [0.05, 0.1) is 12.2 Å². The predicted octanol–water partition coefficient (Wildman–Crippen LogP) is 1.84. The number of hydrogen-bond acceptors (Lipinski definition) is 9. The Morgan fingerprint density at radius 2 is 1.97 bits per heavy atom. The summed E-state index contributed by atoms with van der Waals surface area (Å²) >= 11 is 0. The number of methoxy groups -OCH3 is 1. The fourth-order valence-electron chi connectivity index (χ4n) is 5.11. The summed E-state index contributed by atoms with van der Waals surface area (Å²) in [4.78, 5) is 27.6. The number of likely N-dealkylation sites (tertiary alicyclic amines) is 1. The van der Waals surface area contributed by atoms with Crippen LogP contribution in [0.3, 0.4) is 0 Å². The average Bonchev–Trinajstić information content (AvgIpc) is 2.85. The number of ketones is 1. The van der Waals surface area contributed by atoms with Crippen LogP contribution in [0.25, 0.3) is 0 Å². The highest BCUT2D eigenvalue weighted by atomic mass is 16.6. The molecule has 0 aromatic heterocycles. The largest absolute Gasteiger partial charge is 0.457 e. The summed E-state index contributed by atoms with van der Waals surface area (Å²) in [5.74, 6) is -3.90. The molecule has 0 saturated carbocycles. The van der Waals surface area contributed by atoms with E-state index in [1.165, 1.54) is 4.90 Å². The maximum absolute atomic E-state index is 13.2. The van der Waals surface area contributed by atoms with Crippen LogP contribution < -0.4 is 0 Å². The summed E-state index contributed by atoms with van der Waals surface area (Å²) in [7, 11) is 1.55. The van der Waals surface area contributed by atoms with E-state index in [4.69, 9.17) is 14.2 Å². The van der Waals surface area contributed by atoms with Crippen LogP contribution in [-0.2, 0) is 23.8 Å². The van der Waals surface area contributed by atoms with Gasteiger partial charge in [0.25, 0.3) is 0 Å². The van der Waals surface area contributed by atoms with E-state index in [1.54, 1.807) is 34.0 Å². The van der Waals surface area contributed by atoms with Gasteiger partial charge in [-0.1, -0.05) is 25.5 Å². The van der Waals surface area contributed by atoms with Gasteiger partial charge in [0, 0.05) is 19.6 Å². The second-order valence-corrected chi connectivity index (χ2v) is 10.1. The first-order chi connectivity index (χ1) is 16.6. The molecular weight excluding hydrogens is 454 g/mol. The Hall–Kier alpha value is -1.62. The van der Waals surface area contributed by atoms with Crippen molar-refractivity contribution in [2.75, 3.05) is 13.7 Å². The lowest BCUT2D eigenvalue weighted by Gasteiger charge is -2.43. The van der Waals surface area contributed by atoms with Gasteiger partial charge < -0.3 is 29.5 Å². The second kappa shape index (κ2) is 12.1. The Kier molecular flexibility index (Phi) is 9.65. The molecule has 8 atom stereocenters. The van der Waals surface area contributed by atoms with Crippen molar-refractivity contribution < 1.29 is 39.1 Å². The van der Waals surface area contributed by atoms with Crippen LogP contribution >= 0.6 is 0 Å². The zero-order valence-electron chi connectivity index (χ0n) is 21.3. The van der Waals surface area contributed by atoms with Gasteiger partial charge in [-0.15, -0.1) is 0 Å². The smallest absolute Gasteiger partial charge is 0.324 e. The van der Waals surface area contributed by atoms with Crippen LogP contribution in [0.2, 0.25) is 0 Å². The number of hydrogen-bond donors (Lipinski definition) is 3. The zero-order chi connectivity index (χ0) is 25.8. The molecule has 2 saturated heterocycles. The van der Waals surface area contributed by atoms with Crippen molar-refractivity contribution in [1.29, 1.82) is 0 Å². The lowest BCUT2D eigenvalue weighted by Crippen LogP contribution is -2.62. The molecule has 9 nitrogen and oxygen atoms in total. The van der Waals surface area contributed by atoms with E-state index >= 15 is 0 Å². The number of ether oxygens (including phenoxy) is 3. The van der Waals surface area contributed by atoms with Crippen molar-refractivity contribution in [3.05, 3.63) is 23.8 Å². The van der Waals surface area contributed by atoms with Crippen LogP contribution in [0.1, 0.15) is 65.7 Å². The molecule has 0 amide bonds. The topological polar surface area (TPSA) is 126 Å². The molecule has 3 rings (SSSR count). The minimum atomic E-state index is -2.08. The molecule has 0 aromatic rings. The highest BCUT2D eigenvalue weighted by molar-refractivity contribution is 5.90. The Balaban J connectivity index is 1.64. The van der Waals surface area contributed by atoms with Gasteiger partial charge in [0.2, 0.25) is 11.6 Å². The standard InChI is InChI=1S/C26H41NO8/c1-16-8-9-18(3)35-26(16,32)23(29)24(30)27-14-6-5-7-20(27)25(31)34-17(2)10-11-19-12-13-21(28)22(15-19)33-4/h10-11,15-18,20-22,24,28,30,32H,5-9,12-14H2,1-4H3/b11-10+. The minimum Gasteiger partial charge on any atom is -0.457 e. The maximum Gasteiger partial charge on any atom is 0.324 e. The summed E-state index contributed by atoms with van der Waals surface area (Å²) in [6, 6.07) is -0.791. The monoisotopic (exact) mass is 495 g/mol. The fourth-order valence-corrected chi connectivity index (χ4v) is 5.11. The molecule has 2 fully saturated rings. The van der Waals surface area contributed by atoms with Crippen molar-refractivity contribution in [1.82, 2.24) is 4.90 Å². The van der Waals surface area contributed by atoms with Gasteiger partial charge in [-0.3, -0.25) is 14.5 Å². The molecular formula is C26H41NO8. The Bertz CT molecular complexity index is 813. The SMILES string of the molecule is COC1C=C(/C=C/C(C)OC(=O)C2CCCCN2C(O)C(=O)C2(O)OC(C)CCC2C)CCC1O. The third kappa shape index (κ3) is 6.58. The molecule has 3 N–H and O–H groups in total. The Morgan fingerprint density at radius 3 is 2.69 bits per heavy atom. The van der Waals surface area contributed by atoms with Crippen LogP contribution in [0.4, 0.5) is 0 Å². The Morgan fingerprint density at radius 1 is 1.23 bits per heavy atom. The number of allylic oxidation sites excluding steroid dienone is 2. The zero-order valence-corrected chi connectivity index (χ0v) is 21.3. The van der Waals surface area contributed by atoms with Crippen LogP contribution in [0.5, 0.6) is 0 Å². The second-order valence-electron chi connectivity index (χ2n) is 10.1. The maximum atomic E-state index is 13.2. The lowest BCUT2D eigenvalue weighted by molar-refractivity contribution is -0.269. The molecule has 198 valence electrons. The van der Waals surface area contributed by atoms with E-state index in [1.807, 2.05) is 12.2 Å². The number of rotatable bonds is 8. The molecule has 0 radical (unpaired) electrons. The van der Waals surface area contributed by atoms with E-state index < -0.39 is 47.9 Å². The van der Waals surface area contributed by atoms with Crippen molar-refractivity contribution in [2.45, 2.75) is 108 Å². The minimum absolute atomic E-state index is 0.302. The quantitative estimate of drug-likeness (QED) is 0.432. The molecule has 2 heterocycles. The van der Waals surface area contributed by atoms with Crippen molar-refractivity contribution in [3.8, 4) is 0 Å². The Labute approximate surface area is 207 Å². The first kappa shape index (κ1) is 28.0. The predicted molar refractivity (Wildman–Crippen MR) is 128 cm³/mol. The van der Waals surface area contributed by atoms with Crippen LogP contribution in [0.15, 0.2) is 23.8 Å². The third-order valence-electron chi connectivity index (χ3n) is 7.41. The molecule has 1 aliphatic carbocycles. The highest BCUT2D eigenvalue weighted by Crippen LogP contribution is 2.35. The van der Waals surface area contributed by atoms with Crippen LogP contribution in [0, 0.1) is 5.92 Å². The lowest BCUT2D eigenvalue weighted by atomic mass is 9.86. The summed E-state index contributed by atoms with van der Waals surface area (Å²) in [5, 5.41) is 31.8. The van der Waals surface area contributed by atoms with Gasteiger partial charge in [0.1, 0.15) is 18.2 Å². The van der Waals surface area contributed by atoms with E-state index in [-0.39, 0.29) is 12.2 Å². The summed E-state index contributed by atoms with van der Waals surface area (Å²) in [6.45, 7) is 5.60. The normalized spacial score (nSPS) is 36.4. The van der Waals surface area contributed by atoms with E-state index in [0.29, 0.717) is 32.2 Å². The van der Waals surface area contributed by atoms with Gasteiger partial charge in [0.15, 0.2) is 6.23 Å². The average molecular weight is 496 g/mol.